The topological polar surface area (TPSA) is 70.4 Å². The van der Waals surface area contributed by atoms with Crippen molar-refractivity contribution in [1.29, 1.82) is 0 Å². The molecule has 2 N–H and O–H groups in total. The van der Waals surface area contributed by atoms with Crippen LogP contribution in [0.15, 0.2) is 0 Å². The van der Waals surface area contributed by atoms with Crippen molar-refractivity contribution in [3.8, 4) is 0 Å². The highest BCUT2D eigenvalue weighted by atomic mass is 16.3. The van der Waals surface area contributed by atoms with Gasteiger partial charge in [0.05, 0.1) is 18.8 Å². The van der Waals surface area contributed by atoms with E-state index < -0.39 is 0 Å². The lowest BCUT2D eigenvalue weighted by Gasteiger charge is -2.19. The molecule has 90 valence electrons. The first-order valence-corrected chi connectivity index (χ1v) is 5.06. The van der Waals surface area contributed by atoms with Crippen molar-refractivity contribution in [2.45, 2.75) is 13.5 Å². The summed E-state index contributed by atoms with van der Waals surface area (Å²) in [7, 11) is 5.18. The number of hydrogen-bond donors (Lipinski definition) is 2. The maximum absolute atomic E-state index is 11.3. The van der Waals surface area contributed by atoms with Gasteiger partial charge in [-0.2, -0.15) is 5.10 Å². The van der Waals surface area contributed by atoms with E-state index in [1.807, 2.05) is 6.92 Å². The first-order chi connectivity index (χ1) is 7.51. The van der Waals surface area contributed by atoms with Crippen LogP contribution in [0.3, 0.4) is 0 Å². The number of carbonyl (C=O) groups is 1. The summed E-state index contributed by atoms with van der Waals surface area (Å²) in [5.74, 6) is 0.689. The number of hydrogen-bond acceptors (Lipinski definition) is 4. The lowest BCUT2D eigenvalue weighted by molar-refractivity contribution is -0.119. The van der Waals surface area contributed by atoms with E-state index in [1.165, 1.54) is 0 Å². The average molecular weight is 226 g/mol. The molecule has 1 amide bonds. The number of carbonyl (C=O) groups excluding carboxylic acids is 1. The highest BCUT2D eigenvalue weighted by molar-refractivity contribution is 5.80. The number of aliphatic hydroxyl groups excluding tert-OH is 1. The minimum Gasteiger partial charge on any atom is -0.391 e. The van der Waals surface area contributed by atoms with E-state index in [0.717, 1.165) is 17.1 Å². The van der Waals surface area contributed by atoms with Crippen molar-refractivity contribution in [3.05, 3.63) is 11.3 Å². The predicted molar refractivity (Wildman–Crippen MR) is 61.2 cm³/mol. The van der Waals surface area contributed by atoms with E-state index in [0.29, 0.717) is 0 Å². The van der Waals surface area contributed by atoms with Gasteiger partial charge in [0.15, 0.2) is 0 Å². The maximum Gasteiger partial charge on any atom is 0.239 e. The molecule has 0 aliphatic heterocycles. The molecule has 0 atom stereocenters. The van der Waals surface area contributed by atoms with Crippen LogP contribution < -0.4 is 10.2 Å². The number of nitrogens with zero attached hydrogens (tertiary/aromatic N) is 3. The van der Waals surface area contributed by atoms with Gasteiger partial charge in [0.1, 0.15) is 5.82 Å². The van der Waals surface area contributed by atoms with Crippen molar-refractivity contribution in [3.63, 3.8) is 0 Å². The molecule has 1 heterocycles. The normalized spacial score (nSPS) is 10.3. The van der Waals surface area contributed by atoms with Gasteiger partial charge in [0.25, 0.3) is 0 Å². The molecular formula is C10H18N4O2. The number of anilines is 1. The van der Waals surface area contributed by atoms with Crippen LogP contribution >= 0.6 is 0 Å². The quantitative estimate of drug-likeness (QED) is 0.719. The van der Waals surface area contributed by atoms with Crippen LogP contribution in [0.1, 0.15) is 11.3 Å². The van der Waals surface area contributed by atoms with Crippen LogP contribution in [0.25, 0.3) is 0 Å². The molecule has 0 aromatic carbocycles. The lowest BCUT2D eigenvalue weighted by Crippen LogP contribution is -2.34. The monoisotopic (exact) mass is 226 g/mol. The van der Waals surface area contributed by atoms with Gasteiger partial charge in [-0.15, -0.1) is 0 Å². The van der Waals surface area contributed by atoms with Gasteiger partial charge < -0.3 is 15.3 Å². The zero-order valence-corrected chi connectivity index (χ0v) is 10.1. The molecule has 6 nitrogen and oxygen atoms in total. The molecule has 1 rings (SSSR count). The summed E-state index contributed by atoms with van der Waals surface area (Å²) in [5, 5.41) is 16.0. The van der Waals surface area contributed by atoms with Crippen LogP contribution in [-0.2, 0) is 18.4 Å². The Balaban J connectivity index is 2.98. The van der Waals surface area contributed by atoms with Crippen LogP contribution in [-0.4, -0.2) is 41.4 Å². The zero-order chi connectivity index (χ0) is 12.3. The Morgan fingerprint density at radius 2 is 2.25 bits per heavy atom. The van der Waals surface area contributed by atoms with Crippen LogP contribution in [0, 0.1) is 6.92 Å². The molecular weight excluding hydrogens is 208 g/mol. The fraction of sp³-hybridized carbons (Fsp3) is 0.600. The van der Waals surface area contributed by atoms with Crippen LogP contribution in [0.5, 0.6) is 0 Å². The van der Waals surface area contributed by atoms with Gasteiger partial charge >= 0.3 is 0 Å². The van der Waals surface area contributed by atoms with Crippen LogP contribution in [0.2, 0.25) is 0 Å². The fourth-order valence-electron chi connectivity index (χ4n) is 1.72. The van der Waals surface area contributed by atoms with Crippen LogP contribution in [0.4, 0.5) is 5.82 Å². The molecule has 0 saturated carbocycles. The van der Waals surface area contributed by atoms with E-state index in [1.54, 1.807) is 30.7 Å². The Labute approximate surface area is 94.9 Å². The fourth-order valence-corrected chi connectivity index (χ4v) is 1.72. The summed E-state index contributed by atoms with van der Waals surface area (Å²) >= 11 is 0. The van der Waals surface area contributed by atoms with Crippen molar-refractivity contribution < 1.29 is 9.90 Å². The Hall–Kier alpha value is -1.56. The Bertz CT molecular complexity index is 386. The summed E-state index contributed by atoms with van der Waals surface area (Å²) in [6, 6.07) is 0. The molecule has 0 fully saturated rings. The summed E-state index contributed by atoms with van der Waals surface area (Å²) < 4.78 is 1.67. The molecule has 1 aromatic rings. The lowest BCUT2D eigenvalue weighted by atomic mass is 10.2. The number of nitrogens with one attached hydrogen (secondary N) is 1. The first-order valence-electron chi connectivity index (χ1n) is 5.06. The van der Waals surface area contributed by atoms with E-state index in [4.69, 9.17) is 0 Å². The van der Waals surface area contributed by atoms with Crippen molar-refractivity contribution in [1.82, 2.24) is 15.1 Å². The smallest absolute Gasteiger partial charge is 0.239 e. The highest BCUT2D eigenvalue weighted by Crippen LogP contribution is 2.21. The number of aliphatic hydroxyl groups is 1. The number of aromatic nitrogens is 2. The molecule has 0 aliphatic carbocycles. The van der Waals surface area contributed by atoms with E-state index in [2.05, 4.69) is 10.4 Å². The minimum absolute atomic E-state index is 0.0763. The van der Waals surface area contributed by atoms with Gasteiger partial charge in [0, 0.05) is 26.7 Å². The molecule has 16 heavy (non-hydrogen) atoms. The highest BCUT2D eigenvalue weighted by Gasteiger charge is 2.17. The Kier molecular flexibility index (Phi) is 3.89. The number of rotatable bonds is 4. The third-order valence-electron chi connectivity index (χ3n) is 2.49. The van der Waals surface area contributed by atoms with Gasteiger partial charge in [-0.3, -0.25) is 9.48 Å². The molecule has 0 saturated heterocycles. The van der Waals surface area contributed by atoms with Crippen molar-refractivity contribution in [2.75, 3.05) is 25.5 Å². The molecule has 0 bridgehead atoms. The number of likely N-dealkylation sites (N-methyl/N-ethyl adjacent to an activating group) is 2. The number of amides is 1. The largest absolute Gasteiger partial charge is 0.391 e. The van der Waals surface area contributed by atoms with Gasteiger partial charge in [-0.05, 0) is 6.92 Å². The third kappa shape index (κ3) is 2.33. The van der Waals surface area contributed by atoms with E-state index >= 15 is 0 Å². The van der Waals surface area contributed by atoms with E-state index in [-0.39, 0.29) is 19.1 Å². The first kappa shape index (κ1) is 12.5. The van der Waals surface area contributed by atoms with E-state index in [9.17, 15) is 9.90 Å². The predicted octanol–water partition coefficient (Wildman–Crippen LogP) is -0.597. The van der Waals surface area contributed by atoms with Crippen molar-refractivity contribution in [2.24, 2.45) is 7.05 Å². The zero-order valence-electron chi connectivity index (χ0n) is 10.1. The second kappa shape index (κ2) is 4.98. The average Bonchev–Trinajstić information content (AvgIpc) is 2.52. The van der Waals surface area contributed by atoms with Crippen molar-refractivity contribution >= 4 is 11.7 Å². The molecule has 6 heteroatoms. The summed E-state index contributed by atoms with van der Waals surface area (Å²) in [6.45, 7) is 2.00. The van der Waals surface area contributed by atoms with Gasteiger partial charge in [-0.1, -0.05) is 0 Å². The molecule has 0 radical (unpaired) electrons. The third-order valence-corrected chi connectivity index (χ3v) is 2.49. The molecule has 0 aliphatic rings. The Morgan fingerprint density at radius 1 is 1.62 bits per heavy atom. The molecule has 0 unspecified atom stereocenters. The Morgan fingerprint density at radius 3 is 2.75 bits per heavy atom. The second-order valence-electron chi connectivity index (χ2n) is 3.70. The van der Waals surface area contributed by atoms with Gasteiger partial charge in [-0.25, -0.2) is 0 Å². The minimum atomic E-state index is -0.0785. The molecule has 0 spiro atoms. The standard InChI is InChI=1S/C10H18N4O2/c1-7-8(6-15)10(14(4)12-7)13(3)5-9(16)11-2/h15H,5-6H2,1-4H3,(H,11,16). The van der Waals surface area contributed by atoms with Gasteiger partial charge in [0.2, 0.25) is 5.91 Å². The summed E-state index contributed by atoms with van der Waals surface area (Å²) in [4.78, 5) is 13.0. The second-order valence-corrected chi connectivity index (χ2v) is 3.70. The maximum atomic E-state index is 11.3. The summed E-state index contributed by atoms with van der Waals surface area (Å²) in [6.07, 6.45) is 0. The molecule has 1 aromatic heterocycles. The summed E-state index contributed by atoms with van der Waals surface area (Å²) in [5.41, 5.74) is 1.54. The SMILES string of the molecule is CNC(=O)CN(C)c1c(CO)c(C)nn1C. The number of aryl methyl sites for hydroxylation is 2.